The molecule has 3 N–H and O–H groups in total. The van der Waals surface area contributed by atoms with Crippen molar-refractivity contribution in [3.8, 4) is 0 Å². The lowest BCUT2D eigenvalue weighted by molar-refractivity contribution is 0.954. The van der Waals surface area contributed by atoms with Gasteiger partial charge in [-0.25, -0.2) is 4.98 Å². The van der Waals surface area contributed by atoms with Gasteiger partial charge in [-0.05, 0) is 30.2 Å². The van der Waals surface area contributed by atoms with E-state index >= 15 is 0 Å². The standard InChI is InChI=1S/C13H11N5S3/c1-19-12-17-18-13(21-12)20-10-6-8(11(14)15)7-4-2-3-5-9(7)16-10/h2-6H,1H3,(H3,14,15). The molecule has 3 rings (SSSR count). The summed E-state index contributed by atoms with van der Waals surface area (Å²) in [7, 11) is 0. The molecule has 0 aliphatic heterocycles. The Morgan fingerprint density at radius 3 is 2.71 bits per heavy atom. The third kappa shape index (κ3) is 3.02. The van der Waals surface area contributed by atoms with Crippen molar-refractivity contribution in [3.63, 3.8) is 0 Å². The first-order valence-corrected chi connectivity index (χ1v) is 8.82. The van der Waals surface area contributed by atoms with Crippen molar-refractivity contribution in [1.29, 1.82) is 5.41 Å². The molecule has 0 unspecified atom stereocenters. The molecule has 1 aromatic carbocycles. The number of para-hydroxylation sites is 1. The first kappa shape index (κ1) is 14.3. The fourth-order valence-corrected chi connectivity index (χ4v) is 4.24. The minimum Gasteiger partial charge on any atom is -0.384 e. The molecular weight excluding hydrogens is 322 g/mol. The predicted molar refractivity (Wildman–Crippen MR) is 88.6 cm³/mol. The van der Waals surface area contributed by atoms with E-state index in [2.05, 4.69) is 15.2 Å². The number of aromatic nitrogens is 3. The molecule has 0 aliphatic rings. The number of amidine groups is 1. The van der Waals surface area contributed by atoms with Gasteiger partial charge in [0.25, 0.3) is 0 Å². The molecule has 0 spiro atoms. The number of rotatable bonds is 4. The van der Waals surface area contributed by atoms with Gasteiger partial charge in [0.2, 0.25) is 0 Å². The van der Waals surface area contributed by atoms with E-state index in [1.807, 2.05) is 36.6 Å². The number of hydrogen-bond acceptors (Lipinski definition) is 7. The van der Waals surface area contributed by atoms with Gasteiger partial charge in [-0.3, -0.25) is 5.41 Å². The number of nitrogens with zero attached hydrogens (tertiary/aromatic N) is 3. The second-order valence-electron chi connectivity index (χ2n) is 4.08. The average molecular weight is 333 g/mol. The number of hydrogen-bond donors (Lipinski definition) is 2. The molecule has 5 nitrogen and oxygen atoms in total. The lowest BCUT2D eigenvalue weighted by atomic mass is 10.1. The monoisotopic (exact) mass is 333 g/mol. The quantitative estimate of drug-likeness (QED) is 0.433. The molecule has 0 saturated heterocycles. The van der Waals surface area contributed by atoms with Crippen LogP contribution in [0.25, 0.3) is 10.9 Å². The molecule has 21 heavy (non-hydrogen) atoms. The zero-order valence-electron chi connectivity index (χ0n) is 11.0. The maximum atomic E-state index is 7.74. The summed E-state index contributed by atoms with van der Waals surface area (Å²) in [6.07, 6.45) is 1.97. The Labute approximate surface area is 133 Å². The Hall–Kier alpha value is -1.64. The van der Waals surface area contributed by atoms with Crippen LogP contribution in [0, 0.1) is 5.41 Å². The third-order valence-electron chi connectivity index (χ3n) is 2.74. The van der Waals surface area contributed by atoms with E-state index in [4.69, 9.17) is 11.1 Å². The summed E-state index contributed by atoms with van der Waals surface area (Å²) >= 11 is 4.53. The van der Waals surface area contributed by atoms with Gasteiger partial charge >= 0.3 is 0 Å². The smallest absolute Gasteiger partial charge is 0.181 e. The van der Waals surface area contributed by atoms with Gasteiger partial charge in [-0.2, -0.15) is 0 Å². The minimum absolute atomic E-state index is 0.0394. The number of nitrogen functional groups attached to an aromatic ring is 1. The molecule has 0 fully saturated rings. The van der Waals surface area contributed by atoms with Crippen LogP contribution < -0.4 is 5.73 Å². The van der Waals surface area contributed by atoms with Crippen molar-refractivity contribution >= 4 is 51.6 Å². The van der Waals surface area contributed by atoms with Crippen molar-refractivity contribution < 1.29 is 0 Å². The zero-order valence-corrected chi connectivity index (χ0v) is 13.5. The molecule has 0 amide bonds. The summed E-state index contributed by atoms with van der Waals surface area (Å²) in [5.74, 6) is 0.0394. The van der Waals surface area contributed by atoms with E-state index < -0.39 is 0 Å². The average Bonchev–Trinajstić information content (AvgIpc) is 2.94. The maximum absolute atomic E-state index is 7.74. The van der Waals surface area contributed by atoms with Crippen LogP contribution in [0.3, 0.4) is 0 Å². The van der Waals surface area contributed by atoms with E-state index in [0.717, 1.165) is 24.6 Å². The van der Waals surface area contributed by atoms with Crippen LogP contribution in [0.4, 0.5) is 0 Å². The van der Waals surface area contributed by atoms with Gasteiger partial charge < -0.3 is 5.73 Å². The second kappa shape index (κ2) is 6.00. The van der Waals surface area contributed by atoms with Gasteiger partial charge in [0, 0.05) is 10.9 Å². The molecule has 0 radical (unpaired) electrons. The highest BCUT2D eigenvalue weighted by Gasteiger charge is 2.11. The number of fused-ring (bicyclic) bond motifs is 1. The van der Waals surface area contributed by atoms with Crippen molar-refractivity contribution in [3.05, 3.63) is 35.9 Å². The van der Waals surface area contributed by atoms with Crippen molar-refractivity contribution in [1.82, 2.24) is 15.2 Å². The second-order valence-corrected chi connectivity index (χ2v) is 7.38. The number of benzene rings is 1. The summed E-state index contributed by atoms with van der Waals surface area (Å²) in [4.78, 5) is 4.59. The number of thioether (sulfide) groups is 1. The topological polar surface area (TPSA) is 88.5 Å². The predicted octanol–water partition coefficient (Wildman–Crippen LogP) is 3.24. The first-order valence-electron chi connectivity index (χ1n) is 5.97. The van der Waals surface area contributed by atoms with E-state index in [1.54, 1.807) is 11.8 Å². The SMILES string of the molecule is CSc1nnc(Sc2cc(C(=N)N)c3ccccc3n2)s1. The molecule has 0 atom stereocenters. The Bertz CT molecular complexity index is 814. The van der Waals surface area contributed by atoms with Crippen LogP contribution in [0.2, 0.25) is 0 Å². The highest BCUT2D eigenvalue weighted by Crippen LogP contribution is 2.33. The van der Waals surface area contributed by atoms with Crippen LogP contribution >= 0.6 is 34.9 Å². The number of pyridine rings is 1. The van der Waals surface area contributed by atoms with Gasteiger partial charge in [-0.15, -0.1) is 10.2 Å². The summed E-state index contributed by atoms with van der Waals surface area (Å²) in [5, 5.41) is 17.6. The summed E-state index contributed by atoms with van der Waals surface area (Å²) in [6.45, 7) is 0. The number of nitrogens with two attached hydrogens (primary N) is 1. The Morgan fingerprint density at radius 1 is 1.24 bits per heavy atom. The minimum atomic E-state index is 0.0394. The van der Waals surface area contributed by atoms with Crippen molar-refractivity contribution in [2.24, 2.45) is 5.73 Å². The van der Waals surface area contributed by atoms with E-state index in [9.17, 15) is 0 Å². The van der Waals surface area contributed by atoms with Gasteiger partial charge in [0.05, 0.1) is 5.52 Å². The van der Waals surface area contributed by atoms with Crippen LogP contribution in [-0.2, 0) is 0 Å². The fourth-order valence-electron chi connectivity index (χ4n) is 1.84. The summed E-state index contributed by atoms with van der Waals surface area (Å²) < 4.78 is 1.75. The summed E-state index contributed by atoms with van der Waals surface area (Å²) in [5.41, 5.74) is 7.20. The van der Waals surface area contributed by atoms with Crippen molar-refractivity contribution in [2.45, 2.75) is 13.7 Å². The number of nitrogens with one attached hydrogen (secondary N) is 1. The lowest BCUT2D eigenvalue weighted by Crippen LogP contribution is -2.12. The van der Waals surface area contributed by atoms with Crippen molar-refractivity contribution in [2.75, 3.05) is 6.26 Å². The van der Waals surface area contributed by atoms with E-state index in [0.29, 0.717) is 5.56 Å². The van der Waals surface area contributed by atoms with Crippen LogP contribution in [0.5, 0.6) is 0 Å². The Balaban J connectivity index is 2.04. The molecule has 0 aliphatic carbocycles. The summed E-state index contributed by atoms with van der Waals surface area (Å²) in [6, 6.07) is 9.50. The molecular formula is C13H11N5S3. The normalized spacial score (nSPS) is 10.9. The molecule has 106 valence electrons. The lowest BCUT2D eigenvalue weighted by Gasteiger charge is -2.06. The molecule has 0 saturated carbocycles. The van der Waals surface area contributed by atoms with E-state index in [1.165, 1.54) is 23.1 Å². The van der Waals surface area contributed by atoms with Gasteiger partial charge in [-0.1, -0.05) is 41.3 Å². The Morgan fingerprint density at radius 2 is 2.00 bits per heavy atom. The fraction of sp³-hybridized carbons (Fsp3) is 0.0769. The first-order chi connectivity index (χ1) is 10.2. The van der Waals surface area contributed by atoms with Crippen LogP contribution in [0.15, 0.2) is 44.0 Å². The third-order valence-corrected chi connectivity index (χ3v) is 5.61. The molecule has 8 heteroatoms. The largest absolute Gasteiger partial charge is 0.384 e. The van der Waals surface area contributed by atoms with Crippen LogP contribution in [0.1, 0.15) is 5.56 Å². The zero-order chi connectivity index (χ0) is 14.8. The molecule has 2 heterocycles. The maximum Gasteiger partial charge on any atom is 0.181 e. The van der Waals surface area contributed by atoms with E-state index in [-0.39, 0.29) is 5.84 Å². The van der Waals surface area contributed by atoms with Crippen LogP contribution in [-0.4, -0.2) is 27.3 Å². The molecule has 0 bridgehead atoms. The molecule has 2 aromatic heterocycles. The Kier molecular flexibility index (Phi) is 4.09. The highest BCUT2D eigenvalue weighted by atomic mass is 32.2. The van der Waals surface area contributed by atoms with Gasteiger partial charge in [0.15, 0.2) is 8.68 Å². The van der Waals surface area contributed by atoms with Gasteiger partial charge in [0.1, 0.15) is 10.9 Å². The highest BCUT2D eigenvalue weighted by molar-refractivity contribution is 8.02. The molecule has 3 aromatic rings.